The summed E-state index contributed by atoms with van der Waals surface area (Å²) in [5, 5.41) is 2.78. The molecule has 1 aliphatic heterocycles. The Morgan fingerprint density at radius 2 is 2.21 bits per heavy atom. The molecule has 24 heavy (non-hydrogen) atoms. The van der Waals surface area contributed by atoms with Crippen LogP contribution in [-0.2, 0) is 17.8 Å². The third kappa shape index (κ3) is 4.23. The number of amides is 1. The van der Waals surface area contributed by atoms with Gasteiger partial charge < -0.3 is 5.32 Å². The molecular formula is C16H21F3N4O. The second kappa shape index (κ2) is 7.04. The van der Waals surface area contributed by atoms with E-state index < -0.39 is 12.1 Å². The Morgan fingerprint density at radius 3 is 3.00 bits per heavy atom. The summed E-state index contributed by atoms with van der Waals surface area (Å²) < 4.78 is 38.5. The molecule has 3 rings (SSSR count). The highest BCUT2D eigenvalue weighted by Crippen LogP contribution is 2.37. The summed E-state index contributed by atoms with van der Waals surface area (Å²) in [6.07, 6.45) is 1.17. The fourth-order valence-electron chi connectivity index (χ4n) is 3.53. The van der Waals surface area contributed by atoms with Crippen molar-refractivity contribution in [2.75, 3.05) is 13.1 Å². The highest BCUT2D eigenvalue weighted by molar-refractivity contribution is 5.78. The van der Waals surface area contributed by atoms with Crippen LogP contribution in [0.25, 0.3) is 0 Å². The fraction of sp³-hybridized carbons (Fsp3) is 0.688. The Bertz CT molecular complexity index is 593. The number of alkyl halides is 3. The van der Waals surface area contributed by atoms with Crippen LogP contribution in [0, 0.1) is 5.92 Å². The van der Waals surface area contributed by atoms with Gasteiger partial charge in [-0.3, -0.25) is 9.69 Å². The lowest BCUT2D eigenvalue weighted by Gasteiger charge is -2.32. The predicted octanol–water partition coefficient (Wildman–Crippen LogP) is 2.07. The summed E-state index contributed by atoms with van der Waals surface area (Å²) in [6.45, 7) is 1.49. The number of nitrogens with zero attached hydrogens (tertiary/aromatic N) is 3. The first-order valence-corrected chi connectivity index (χ1v) is 8.28. The molecule has 0 saturated heterocycles. The first-order valence-electron chi connectivity index (χ1n) is 8.28. The van der Waals surface area contributed by atoms with Gasteiger partial charge in [-0.05, 0) is 31.2 Å². The van der Waals surface area contributed by atoms with Crippen molar-refractivity contribution in [2.24, 2.45) is 5.92 Å². The van der Waals surface area contributed by atoms with E-state index in [2.05, 4.69) is 15.3 Å². The van der Waals surface area contributed by atoms with E-state index in [0.29, 0.717) is 19.4 Å². The number of carbonyl (C=O) groups excluding carboxylic acids is 1. The van der Waals surface area contributed by atoms with Gasteiger partial charge in [0, 0.05) is 25.3 Å². The van der Waals surface area contributed by atoms with Crippen molar-refractivity contribution in [2.45, 2.75) is 50.9 Å². The molecule has 0 spiro atoms. The highest BCUT2D eigenvalue weighted by atomic mass is 19.4. The molecule has 1 aromatic heterocycles. The molecule has 0 aromatic carbocycles. The zero-order valence-electron chi connectivity index (χ0n) is 13.4. The SMILES string of the molecule is O=C(CN1CCc2cncnc2C1)N[C@@H]1CCC[C@H](C(F)(F)F)C1. The van der Waals surface area contributed by atoms with Gasteiger partial charge in [-0.25, -0.2) is 9.97 Å². The van der Waals surface area contributed by atoms with E-state index in [1.54, 1.807) is 6.20 Å². The zero-order chi connectivity index (χ0) is 17.2. The van der Waals surface area contributed by atoms with Gasteiger partial charge in [-0.1, -0.05) is 6.42 Å². The molecule has 0 unspecified atom stereocenters. The summed E-state index contributed by atoms with van der Waals surface area (Å²) >= 11 is 0. The molecule has 0 bridgehead atoms. The van der Waals surface area contributed by atoms with Crippen molar-refractivity contribution in [1.82, 2.24) is 20.2 Å². The summed E-state index contributed by atoms with van der Waals surface area (Å²) in [6, 6.07) is -0.378. The normalized spacial score (nSPS) is 25.1. The zero-order valence-corrected chi connectivity index (χ0v) is 13.4. The van der Waals surface area contributed by atoms with Gasteiger partial charge in [-0.2, -0.15) is 13.2 Å². The summed E-state index contributed by atoms with van der Waals surface area (Å²) in [7, 11) is 0. The van der Waals surface area contributed by atoms with Crippen LogP contribution >= 0.6 is 0 Å². The lowest BCUT2D eigenvalue weighted by atomic mass is 9.85. The minimum absolute atomic E-state index is 0.00863. The van der Waals surface area contributed by atoms with E-state index in [1.807, 2.05) is 4.90 Å². The van der Waals surface area contributed by atoms with Crippen LogP contribution in [0.15, 0.2) is 12.5 Å². The third-order valence-electron chi connectivity index (χ3n) is 4.82. The van der Waals surface area contributed by atoms with Gasteiger partial charge >= 0.3 is 6.18 Å². The number of hydrogen-bond acceptors (Lipinski definition) is 4. The molecule has 1 fully saturated rings. The van der Waals surface area contributed by atoms with Gasteiger partial charge in [0.25, 0.3) is 0 Å². The number of fused-ring (bicyclic) bond motifs is 1. The summed E-state index contributed by atoms with van der Waals surface area (Å²) in [5.41, 5.74) is 2.01. The van der Waals surface area contributed by atoms with E-state index in [-0.39, 0.29) is 31.3 Å². The average Bonchev–Trinajstić information content (AvgIpc) is 2.54. The van der Waals surface area contributed by atoms with Crippen molar-refractivity contribution in [3.63, 3.8) is 0 Å². The van der Waals surface area contributed by atoms with Crippen molar-refractivity contribution in [3.8, 4) is 0 Å². The lowest BCUT2D eigenvalue weighted by Crippen LogP contribution is -2.46. The highest BCUT2D eigenvalue weighted by Gasteiger charge is 2.42. The maximum Gasteiger partial charge on any atom is 0.391 e. The number of carbonyl (C=O) groups is 1. The molecule has 2 aliphatic rings. The van der Waals surface area contributed by atoms with Gasteiger partial charge in [0.2, 0.25) is 5.91 Å². The van der Waals surface area contributed by atoms with Crippen LogP contribution in [-0.4, -0.2) is 46.1 Å². The number of rotatable bonds is 3. The molecule has 1 amide bonds. The molecule has 5 nitrogen and oxygen atoms in total. The Labute approximate surface area is 138 Å². The molecule has 8 heteroatoms. The van der Waals surface area contributed by atoms with E-state index in [0.717, 1.165) is 24.2 Å². The van der Waals surface area contributed by atoms with Crippen LogP contribution in [0.4, 0.5) is 13.2 Å². The van der Waals surface area contributed by atoms with Crippen LogP contribution < -0.4 is 5.32 Å². The van der Waals surface area contributed by atoms with Crippen molar-refractivity contribution >= 4 is 5.91 Å². The molecule has 1 aromatic rings. The van der Waals surface area contributed by atoms with E-state index in [1.165, 1.54) is 6.33 Å². The van der Waals surface area contributed by atoms with Gasteiger partial charge in [-0.15, -0.1) is 0 Å². The second-order valence-corrected chi connectivity index (χ2v) is 6.62. The molecule has 0 radical (unpaired) electrons. The van der Waals surface area contributed by atoms with Gasteiger partial charge in [0.1, 0.15) is 6.33 Å². The number of halogens is 3. The molecule has 2 heterocycles. The maximum atomic E-state index is 12.8. The fourth-order valence-corrected chi connectivity index (χ4v) is 3.53. The number of nitrogens with one attached hydrogen (secondary N) is 1. The van der Waals surface area contributed by atoms with Gasteiger partial charge in [0.05, 0.1) is 18.2 Å². The monoisotopic (exact) mass is 342 g/mol. The standard InChI is InChI=1S/C16H21F3N4O/c17-16(18,19)12-2-1-3-13(6-12)22-15(24)9-23-5-4-11-7-20-10-21-14(11)8-23/h7,10,12-13H,1-6,8-9H2,(H,22,24)/t12-,13+/m0/s1. The Hall–Kier alpha value is -1.70. The molecule has 1 N–H and O–H groups in total. The van der Waals surface area contributed by atoms with Crippen LogP contribution in [0.3, 0.4) is 0 Å². The summed E-state index contributed by atoms with van der Waals surface area (Å²) in [4.78, 5) is 22.4. The first-order chi connectivity index (χ1) is 11.4. The topological polar surface area (TPSA) is 58.1 Å². The Morgan fingerprint density at radius 1 is 1.38 bits per heavy atom. The second-order valence-electron chi connectivity index (χ2n) is 6.62. The largest absolute Gasteiger partial charge is 0.391 e. The smallest absolute Gasteiger partial charge is 0.352 e. The molecule has 1 aliphatic carbocycles. The lowest BCUT2D eigenvalue weighted by molar-refractivity contribution is -0.184. The Balaban J connectivity index is 1.49. The number of hydrogen-bond donors (Lipinski definition) is 1. The van der Waals surface area contributed by atoms with Crippen LogP contribution in [0.5, 0.6) is 0 Å². The molecule has 1 saturated carbocycles. The van der Waals surface area contributed by atoms with Crippen LogP contribution in [0.1, 0.15) is 36.9 Å². The van der Waals surface area contributed by atoms with Crippen molar-refractivity contribution < 1.29 is 18.0 Å². The Kier molecular flexibility index (Phi) is 5.03. The third-order valence-corrected chi connectivity index (χ3v) is 4.82. The van der Waals surface area contributed by atoms with Crippen molar-refractivity contribution in [1.29, 1.82) is 0 Å². The predicted molar refractivity (Wildman–Crippen MR) is 81.0 cm³/mol. The minimum Gasteiger partial charge on any atom is -0.352 e. The first kappa shape index (κ1) is 17.1. The molecular weight excluding hydrogens is 321 g/mol. The van der Waals surface area contributed by atoms with E-state index in [9.17, 15) is 18.0 Å². The number of aromatic nitrogens is 2. The van der Waals surface area contributed by atoms with E-state index in [4.69, 9.17) is 0 Å². The average molecular weight is 342 g/mol. The maximum absolute atomic E-state index is 12.8. The van der Waals surface area contributed by atoms with E-state index >= 15 is 0 Å². The molecule has 132 valence electrons. The molecule has 2 atom stereocenters. The van der Waals surface area contributed by atoms with Gasteiger partial charge in [0.15, 0.2) is 0 Å². The van der Waals surface area contributed by atoms with Crippen LogP contribution in [0.2, 0.25) is 0 Å². The van der Waals surface area contributed by atoms with Crippen molar-refractivity contribution in [3.05, 3.63) is 23.8 Å². The summed E-state index contributed by atoms with van der Waals surface area (Å²) in [5.74, 6) is -1.50. The quantitative estimate of drug-likeness (QED) is 0.914. The minimum atomic E-state index is -4.17.